The molecule has 2 atom stereocenters. The van der Waals surface area contributed by atoms with Gasteiger partial charge in [-0.05, 0) is 25.2 Å². The molecule has 2 heteroatoms. The molecule has 1 aliphatic rings. The smallest absolute Gasteiger partial charge is 0.306 e. The fourth-order valence-corrected chi connectivity index (χ4v) is 1.43. The minimum Gasteiger partial charge on any atom is -0.481 e. The third-order valence-electron chi connectivity index (χ3n) is 2.04. The number of carbonyl (C=O) groups is 1. The first-order valence-electron chi connectivity index (χ1n) is 3.43. The Morgan fingerprint density at radius 3 is 2.44 bits per heavy atom. The molecule has 52 valence electrons. The molecule has 0 aromatic heterocycles. The number of hydrogen-bond acceptors (Lipinski definition) is 1. The molecule has 1 fully saturated rings. The second kappa shape index (κ2) is 2.38. The Kier molecular flexibility index (Phi) is 1.74. The van der Waals surface area contributed by atoms with E-state index in [4.69, 9.17) is 5.11 Å². The van der Waals surface area contributed by atoms with E-state index in [1.807, 2.05) is 0 Å². The molecule has 2 nitrogen and oxygen atoms in total. The molecule has 1 unspecified atom stereocenters. The van der Waals surface area contributed by atoms with Crippen molar-refractivity contribution >= 4 is 5.97 Å². The van der Waals surface area contributed by atoms with Gasteiger partial charge >= 0.3 is 5.97 Å². The van der Waals surface area contributed by atoms with Crippen molar-refractivity contribution in [3.8, 4) is 0 Å². The van der Waals surface area contributed by atoms with Crippen LogP contribution in [0.1, 0.15) is 26.2 Å². The van der Waals surface area contributed by atoms with E-state index in [1.54, 1.807) is 0 Å². The van der Waals surface area contributed by atoms with Crippen LogP contribution in [0.4, 0.5) is 0 Å². The molecule has 0 aromatic rings. The first-order valence-corrected chi connectivity index (χ1v) is 3.43. The van der Waals surface area contributed by atoms with Crippen molar-refractivity contribution < 1.29 is 9.90 Å². The topological polar surface area (TPSA) is 37.3 Å². The second-order valence-corrected chi connectivity index (χ2v) is 2.95. The predicted molar refractivity (Wildman–Crippen MR) is 34.1 cm³/mol. The van der Waals surface area contributed by atoms with Crippen LogP contribution in [0.25, 0.3) is 0 Å². The fourth-order valence-electron chi connectivity index (χ4n) is 1.43. The molecule has 1 saturated carbocycles. The Balaban J connectivity index is 2.39. The van der Waals surface area contributed by atoms with E-state index in [-0.39, 0.29) is 5.92 Å². The van der Waals surface area contributed by atoms with Gasteiger partial charge in [-0.2, -0.15) is 0 Å². The zero-order chi connectivity index (χ0) is 6.85. The lowest BCUT2D eigenvalue weighted by atomic mass is 10.1. The van der Waals surface area contributed by atoms with Gasteiger partial charge in [0.2, 0.25) is 0 Å². The van der Waals surface area contributed by atoms with Crippen LogP contribution in [-0.4, -0.2) is 11.1 Å². The highest BCUT2D eigenvalue weighted by Crippen LogP contribution is 2.29. The van der Waals surface area contributed by atoms with Crippen LogP contribution in [-0.2, 0) is 4.79 Å². The van der Waals surface area contributed by atoms with Gasteiger partial charge in [0.1, 0.15) is 0 Å². The molecule has 0 aromatic carbocycles. The van der Waals surface area contributed by atoms with E-state index < -0.39 is 5.97 Å². The summed E-state index contributed by atoms with van der Waals surface area (Å²) in [6, 6.07) is 0. The molecular formula is C7H12O2. The average molecular weight is 128 g/mol. The third kappa shape index (κ3) is 1.44. The molecule has 1 N–H and O–H groups in total. The van der Waals surface area contributed by atoms with Crippen molar-refractivity contribution in [3.05, 3.63) is 0 Å². The van der Waals surface area contributed by atoms with E-state index in [9.17, 15) is 4.79 Å². The highest BCUT2D eigenvalue weighted by atomic mass is 16.4. The summed E-state index contributed by atoms with van der Waals surface area (Å²) in [6.45, 7) is 2.11. The van der Waals surface area contributed by atoms with Crippen molar-refractivity contribution in [2.45, 2.75) is 26.2 Å². The zero-order valence-corrected chi connectivity index (χ0v) is 5.63. The summed E-state index contributed by atoms with van der Waals surface area (Å²) in [5.74, 6) is -0.0227. The summed E-state index contributed by atoms with van der Waals surface area (Å²) in [6.07, 6.45) is 2.86. The molecule has 0 spiro atoms. The van der Waals surface area contributed by atoms with Crippen LogP contribution in [0.5, 0.6) is 0 Å². The summed E-state index contributed by atoms with van der Waals surface area (Å²) < 4.78 is 0. The Hall–Kier alpha value is -0.530. The van der Waals surface area contributed by atoms with Gasteiger partial charge in [0.15, 0.2) is 0 Å². The van der Waals surface area contributed by atoms with Crippen molar-refractivity contribution in [2.75, 3.05) is 0 Å². The van der Waals surface area contributed by atoms with Crippen molar-refractivity contribution in [2.24, 2.45) is 11.8 Å². The summed E-state index contributed by atoms with van der Waals surface area (Å²) in [5, 5.41) is 8.53. The second-order valence-electron chi connectivity index (χ2n) is 2.95. The van der Waals surface area contributed by atoms with Crippen LogP contribution < -0.4 is 0 Å². The molecule has 0 aliphatic heterocycles. The normalized spacial score (nSPS) is 34.8. The van der Waals surface area contributed by atoms with Gasteiger partial charge in [-0.1, -0.05) is 6.92 Å². The van der Waals surface area contributed by atoms with Gasteiger partial charge in [-0.15, -0.1) is 0 Å². The van der Waals surface area contributed by atoms with Crippen molar-refractivity contribution in [1.29, 1.82) is 0 Å². The maximum Gasteiger partial charge on any atom is 0.306 e. The van der Waals surface area contributed by atoms with Gasteiger partial charge in [0, 0.05) is 0 Å². The standard InChI is InChI=1S/C7H12O2/c1-5-2-3-6(4-5)7(8)9/h5-6H,2-4H2,1H3,(H,8,9)/t5?,6-/m1/s1. The summed E-state index contributed by atoms with van der Waals surface area (Å²) in [4.78, 5) is 10.3. The molecule has 0 bridgehead atoms. The largest absolute Gasteiger partial charge is 0.481 e. The highest BCUT2D eigenvalue weighted by Gasteiger charge is 2.26. The van der Waals surface area contributed by atoms with Gasteiger partial charge < -0.3 is 5.11 Å². The maximum atomic E-state index is 10.3. The van der Waals surface area contributed by atoms with Crippen LogP contribution in [0.2, 0.25) is 0 Å². The summed E-state index contributed by atoms with van der Waals surface area (Å²) >= 11 is 0. The Morgan fingerprint density at radius 2 is 2.22 bits per heavy atom. The van der Waals surface area contributed by atoms with E-state index in [2.05, 4.69) is 6.92 Å². The lowest BCUT2D eigenvalue weighted by molar-refractivity contribution is -0.141. The minimum absolute atomic E-state index is 0.0417. The van der Waals surface area contributed by atoms with Crippen LogP contribution in [0.3, 0.4) is 0 Å². The quantitative estimate of drug-likeness (QED) is 0.581. The number of carboxylic acid groups (broad SMARTS) is 1. The lowest BCUT2D eigenvalue weighted by Gasteiger charge is -1.99. The first-order chi connectivity index (χ1) is 4.20. The summed E-state index contributed by atoms with van der Waals surface area (Å²) in [5.41, 5.74) is 0. The zero-order valence-electron chi connectivity index (χ0n) is 5.63. The maximum absolute atomic E-state index is 10.3. The van der Waals surface area contributed by atoms with E-state index in [0.29, 0.717) is 5.92 Å². The molecule has 0 saturated heterocycles. The van der Waals surface area contributed by atoms with Gasteiger partial charge in [-0.25, -0.2) is 0 Å². The van der Waals surface area contributed by atoms with Crippen molar-refractivity contribution in [1.82, 2.24) is 0 Å². The number of carboxylic acids is 1. The predicted octanol–water partition coefficient (Wildman–Crippen LogP) is 1.51. The first kappa shape index (κ1) is 6.59. The Bertz CT molecular complexity index is 120. The molecule has 1 aliphatic carbocycles. The molecule has 0 radical (unpaired) electrons. The lowest BCUT2D eigenvalue weighted by Crippen LogP contribution is -2.08. The fraction of sp³-hybridized carbons (Fsp3) is 0.857. The number of rotatable bonds is 1. The molecular weight excluding hydrogens is 116 g/mol. The van der Waals surface area contributed by atoms with Crippen LogP contribution >= 0.6 is 0 Å². The molecule has 9 heavy (non-hydrogen) atoms. The third-order valence-corrected chi connectivity index (χ3v) is 2.04. The van der Waals surface area contributed by atoms with Gasteiger partial charge in [0.25, 0.3) is 0 Å². The highest BCUT2D eigenvalue weighted by molar-refractivity contribution is 5.70. The minimum atomic E-state index is -0.612. The Labute approximate surface area is 54.9 Å². The SMILES string of the molecule is CC1CC[C@@H](C(=O)O)C1. The van der Waals surface area contributed by atoms with Crippen LogP contribution in [0, 0.1) is 11.8 Å². The monoisotopic (exact) mass is 128 g/mol. The number of aliphatic carboxylic acids is 1. The van der Waals surface area contributed by atoms with Crippen LogP contribution in [0.15, 0.2) is 0 Å². The molecule has 0 amide bonds. The number of hydrogen-bond donors (Lipinski definition) is 1. The Morgan fingerprint density at radius 1 is 1.56 bits per heavy atom. The average Bonchev–Trinajstić information content (AvgIpc) is 2.14. The van der Waals surface area contributed by atoms with Gasteiger partial charge in [-0.3, -0.25) is 4.79 Å². The summed E-state index contributed by atoms with van der Waals surface area (Å²) in [7, 11) is 0. The van der Waals surface area contributed by atoms with Gasteiger partial charge in [0.05, 0.1) is 5.92 Å². The van der Waals surface area contributed by atoms with E-state index >= 15 is 0 Å². The molecule has 0 heterocycles. The van der Waals surface area contributed by atoms with E-state index in [0.717, 1.165) is 19.3 Å². The van der Waals surface area contributed by atoms with Crippen molar-refractivity contribution in [3.63, 3.8) is 0 Å². The molecule has 1 rings (SSSR count). The van der Waals surface area contributed by atoms with E-state index in [1.165, 1.54) is 0 Å².